The minimum atomic E-state index is -0.539. The van der Waals surface area contributed by atoms with Crippen molar-refractivity contribution in [3.05, 3.63) is 276 Å². The maximum absolute atomic E-state index is 7.03. The highest BCUT2D eigenvalue weighted by Crippen LogP contribution is 2.62. The smallest absolute Gasteiger partial charge is 0.178 e. The molecule has 3 aliphatic rings. The minimum Gasteiger partial charge on any atom is -0.449 e. The van der Waals surface area contributed by atoms with Crippen molar-refractivity contribution in [3.8, 4) is 56.4 Å². The van der Waals surface area contributed by atoms with E-state index in [4.69, 9.17) is 19.5 Å². The zero-order chi connectivity index (χ0) is 44.3. The fraction of sp³-hybridized carbons (Fsp3) is 0.0323. The Balaban J connectivity index is 0.872. The number of nitrogens with zero attached hydrogens (tertiary/aromatic N) is 2. The number of nitrogens with one attached hydrogen (secondary N) is 1. The van der Waals surface area contributed by atoms with Crippen molar-refractivity contribution in [3.63, 3.8) is 0 Å². The van der Waals surface area contributed by atoms with Crippen LogP contribution in [-0.2, 0) is 5.41 Å². The van der Waals surface area contributed by atoms with E-state index in [-0.39, 0.29) is 0 Å². The summed E-state index contributed by atoms with van der Waals surface area (Å²) in [6.07, 6.45) is -0.479. The molecule has 1 aliphatic carbocycles. The van der Waals surface area contributed by atoms with E-state index < -0.39 is 11.6 Å². The molecule has 13 rings (SSSR count). The number of rotatable bonds is 7. The largest absolute Gasteiger partial charge is 0.449 e. The van der Waals surface area contributed by atoms with Crippen molar-refractivity contribution in [1.82, 2.24) is 5.32 Å². The van der Waals surface area contributed by atoms with Gasteiger partial charge in [0.1, 0.15) is 11.7 Å². The highest BCUT2D eigenvalue weighted by atomic mass is 16.6. The SMILES string of the molecule is c1ccc(C2=NC(c3ccc(-c4cccc5c4Oc4ccc6c(c4O5)-c4ccccc4C6(c4ccccc4)c4ccccc4)cc3)N=C(c3ccc(-c4ccccc4)c4ccccc34)N2)cc1. The first-order valence-corrected chi connectivity index (χ1v) is 22.8. The Hall–Kier alpha value is -8.80. The third-order valence-electron chi connectivity index (χ3n) is 13.5. The molecule has 2 aliphatic heterocycles. The lowest BCUT2D eigenvalue weighted by molar-refractivity contribution is 0.361. The van der Waals surface area contributed by atoms with Crippen LogP contribution < -0.4 is 14.8 Å². The molecule has 1 unspecified atom stereocenters. The molecule has 2 heterocycles. The molecular weight excluding hydrogens is 819 g/mol. The number of benzene rings is 10. The molecule has 1 atom stereocenters. The predicted octanol–water partition coefficient (Wildman–Crippen LogP) is 14.9. The lowest BCUT2D eigenvalue weighted by Gasteiger charge is -2.34. The van der Waals surface area contributed by atoms with Crippen LogP contribution in [0, 0.1) is 0 Å². The monoisotopic (exact) mass is 859 g/mol. The first kappa shape index (κ1) is 38.6. The molecular formula is C62H41N3O2. The van der Waals surface area contributed by atoms with E-state index in [0.717, 1.165) is 61.8 Å². The van der Waals surface area contributed by atoms with Gasteiger partial charge in [-0.2, -0.15) is 0 Å². The summed E-state index contributed by atoms with van der Waals surface area (Å²) in [6, 6.07) is 83.1. The molecule has 10 aromatic carbocycles. The molecule has 10 aromatic rings. The van der Waals surface area contributed by atoms with Crippen molar-refractivity contribution in [2.45, 2.75) is 11.6 Å². The molecule has 0 saturated carbocycles. The Kier molecular flexibility index (Phi) is 9.07. The van der Waals surface area contributed by atoms with Crippen molar-refractivity contribution >= 4 is 22.4 Å². The average molecular weight is 860 g/mol. The first-order valence-electron chi connectivity index (χ1n) is 22.8. The molecule has 316 valence electrons. The summed E-state index contributed by atoms with van der Waals surface area (Å²) in [6.45, 7) is 0. The average Bonchev–Trinajstić information content (AvgIpc) is 3.72. The van der Waals surface area contributed by atoms with Crippen LogP contribution in [0.15, 0.2) is 247 Å². The number of hydrogen-bond acceptors (Lipinski definition) is 5. The van der Waals surface area contributed by atoms with Crippen LogP contribution in [0.25, 0.3) is 44.2 Å². The Morgan fingerprint density at radius 2 is 0.896 bits per heavy atom. The molecule has 67 heavy (non-hydrogen) atoms. The van der Waals surface area contributed by atoms with Crippen LogP contribution in [0.1, 0.15) is 45.1 Å². The summed E-state index contributed by atoms with van der Waals surface area (Å²) < 4.78 is 14.0. The minimum absolute atomic E-state index is 0.479. The van der Waals surface area contributed by atoms with Gasteiger partial charge in [0, 0.05) is 22.3 Å². The van der Waals surface area contributed by atoms with E-state index in [1.807, 2.05) is 30.3 Å². The van der Waals surface area contributed by atoms with Crippen molar-refractivity contribution < 1.29 is 9.47 Å². The number of para-hydroxylation sites is 1. The van der Waals surface area contributed by atoms with Gasteiger partial charge in [0.05, 0.1) is 5.41 Å². The quantitative estimate of drug-likeness (QED) is 0.174. The van der Waals surface area contributed by atoms with Crippen molar-refractivity contribution in [2.24, 2.45) is 9.98 Å². The van der Waals surface area contributed by atoms with E-state index >= 15 is 0 Å². The lowest BCUT2D eigenvalue weighted by Crippen LogP contribution is -2.36. The van der Waals surface area contributed by atoms with Gasteiger partial charge < -0.3 is 14.8 Å². The Labute approximate surface area is 389 Å². The maximum atomic E-state index is 7.03. The zero-order valence-electron chi connectivity index (χ0n) is 36.3. The molecule has 0 spiro atoms. The lowest BCUT2D eigenvalue weighted by atomic mass is 9.68. The molecule has 0 fully saturated rings. The summed E-state index contributed by atoms with van der Waals surface area (Å²) in [4.78, 5) is 10.5. The van der Waals surface area contributed by atoms with Crippen molar-refractivity contribution in [2.75, 3.05) is 0 Å². The molecule has 1 N–H and O–H groups in total. The zero-order valence-corrected chi connectivity index (χ0v) is 36.3. The number of fused-ring (bicyclic) bond motifs is 7. The topological polar surface area (TPSA) is 55.2 Å². The molecule has 0 saturated heterocycles. The summed E-state index contributed by atoms with van der Waals surface area (Å²) in [5, 5.41) is 5.92. The molecule has 5 heteroatoms. The molecule has 5 nitrogen and oxygen atoms in total. The van der Waals surface area contributed by atoms with Gasteiger partial charge in [-0.1, -0.05) is 224 Å². The number of aliphatic imine (C=N–C) groups is 2. The van der Waals surface area contributed by atoms with Gasteiger partial charge in [-0.05, 0) is 73.0 Å². The van der Waals surface area contributed by atoms with Crippen LogP contribution in [-0.4, -0.2) is 11.7 Å². The third-order valence-corrected chi connectivity index (χ3v) is 13.5. The summed E-state index contributed by atoms with van der Waals surface area (Å²) in [5.41, 5.74) is 13.7. The Morgan fingerprint density at radius 1 is 0.358 bits per heavy atom. The highest BCUT2D eigenvalue weighted by molar-refractivity contribution is 6.21. The fourth-order valence-corrected chi connectivity index (χ4v) is 10.5. The van der Waals surface area contributed by atoms with Crippen LogP contribution >= 0.6 is 0 Å². The van der Waals surface area contributed by atoms with Crippen molar-refractivity contribution in [1.29, 1.82) is 0 Å². The van der Waals surface area contributed by atoms with Gasteiger partial charge in [0.15, 0.2) is 29.2 Å². The highest BCUT2D eigenvalue weighted by Gasteiger charge is 2.48. The number of ether oxygens (including phenoxy) is 2. The maximum Gasteiger partial charge on any atom is 0.178 e. The van der Waals surface area contributed by atoms with E-state index in [9.17, 15) is 0 Å². The van der Waals surface area contributed by atoms with Gasteiger partial charge in [0.25, 0.3) is 0 Å². The molecule has 0 aromatic heterocycles. The van der Waals surface area contributed by atoms with E-state index in [0.29, 0.717) is 17.2 Å². The molecule has 0 amide bonds. The summed E-state index contributed by atoms with van der Waals surface area (Å²) in [5.74, 6) is 4.32. The second-order valence-electron chi connectivity index (χ2n) is 17.2. The number of hydrogen-bond donors (Lipinski definition) is 1. The Bertz CT molecular complexity index is 3550. The second kappa shape index (κ2) is 15.7. The van der Waals surface area contributed by atoms with Crippen LogP contribution in [0.4, 0.5) is 0 Å². The third kappa shape index (κ3) is 6.23. The van der Waals surface area contributed by atoms with E-state index in [1.165, 1.54) is 38.8 Å². The number of amidine groups is 2. The van der Waals surface area contributed by atoms with Gasteiger partial charge in [-0.25, -0.2) is 9.98 Å². The van der Waals surface area contributed by atoms with E-state index in [2.05, 4.69) is 212 Å². The normalized spacial score (nSPS) is 15.1. The second-order valence-corrected chi connectivity index (χ2v) is 17.2. The van der Waals surface area contributed by atoms with Crippen LogP contribution in [0.3, 0.4) is 0 Å². The standard InChI is InChI=1S/C62H41N3O2/c1-5-18-40(19-6-1)46-36-37-50(49-27-14-13-26-48(46)49)61-64-59(42-20-7-2-8-21-42)63-60(65-61)43-34-32-41(33-35-43)47-29-17-31-54-57(47)66-55-39-38-53-56(58(55)67-54)51-28-15-16-30-52(51)62(53,44-22-9-3-10-23-44)45-24-11-4-12-25-45/h1-39,60H,(H,63,64,65). The summed E-state index contributed by atoms with van der Waals surface area (Å²) >= 11 is 0. The van der Waals surface area contributed by atoms with Gasteiger partial charge in [-0.15, -0.1) is 0 Å². The van der Waals surface area contributed by atoms with Gasteiger partial charge in [-0.3, -0.25) is 0 Å². The van der Waals surface area contributed by atoms with Crippen LogP contribution in [0.2, 0.25) is 0 Å². The summed E-state index contributed by atoms with van der Waals surface area (Å²) in [7, 11) is 0. The van der Waals surface area contributed by atoms with Gasteiger partial charge in [0.2, 0.25) is 0 Å². The van der Waals surface area contributed by atoms with Gasteiger partial charge >= 0.3 is 0 Å². The van der Waals surface area contributed by atoms with E-state index in [1.54, 1.807) is 0 Å². The molecule has 0 radical (unpaired) electrons. The fourth-order valence-electron chi connectivity index (χ4n) is 10.5. The van der Waals surface area contributed by atoms with Crippen LogP contribution in [0.5, 0.6) is 23.0 Å². The molecule has 0 bridgehead atoms. The Morgan fingerprint density at radius 3 is 1.61 bits per heavy atom. The first-order chi connectivity index (χ1) is 33.2. The predicted molar refractivity (Wildman–Crippen MR) is 271 cm³/mol.